The van der Waals surface area contributed by atoms with E-state index >= 15 is 0 Å². The fraction of sp³-hybridized carbons (Fsp3) is 0.286. The Labute approximate surface area is 172 Å². The van der Waals surface area contributed by atoms with Crippen molar-refractivity contribution in [3.05, 3.63) is 60.2 Å². The SMILES string of the molecule is O=C(/C=C\c1ccc(O)cc1)OC[C@H]1O[C@H](Oc2ccc(O)cc2)[C@H](O)[C@@H](O)[C@@H]1O. The highest BCUT2D eigenvalue weighted by molar-refractivity contribution is 5.87. The normalized spacial score (nSPS) is 26.4. The van der Waals surface area contributed by atoms with Gasteiger partial charge in [-0.2, -0.15) is 0 Å². The van der Waals surface area contributed by atoms with E-state index in [4.69, 9.17) is 14.2 Å². The van der Waals surface area contributed by atoms with Crippen LogP contribution in [-0.2, 0) is 14.3 Å². The molecular weight excluding hydrogens is 396 g/mol. The van der Waals surface area contributed by atoms with E-state index in [1.807, 2.05) is 0 Å². The first kappa shape index (κ1) is 21.6. The van der Waals surface area contributed by atoms with Crippen molar-refractivity contribution in [3.8, 4) is 17.2 Å². The van der Waals surface area contributed by atoms with E-state index in [1.165, 1.54) is 42.5 Å². The van der Waals surface area contributed by atoms with Crippen molar-refractivity contribution >= 4 is 12.0 Å². The monoisotopic (exact) mass is 418 g/mol. The summed E-state index contributed by atoms with van der Waals surface area (Å²) in [6, 6.07) is 11.8. The van der Waals surface area contributed by atoms with Crippen molar-refractivity contribution in [2.75, 3.05) is 6.61 Å². The number of carbonyl (C=O) groups excluding carboxylic acids is 1. The summed E-state index contributed by atoms with van der Waals surface area (Å²) in [6.45, 7) is -0.390. The molecule has 9 heteroatoms. The summed E-state index contributed by atoms with van der Waals surface area (Å²) in [6.07, 6.45) is -4.46. The molecule has 30 heavy (non-hydrogen) atoms. The third-order valence-corrected chi connectivity index (χ3v) is 4.45. The molecule has 1 saturated heterocycles. The van der Waals surface area contributed by atoms with Crippen LogP contribution < -0.4 is 4.74 Å². The summed E-state index contributed by atoms with van der Waals surface area (Å²) in [5, 5.41) is 48.8. The molecule has 2 aromatic carbocycles. The average Bonchev–Trinajstić information content (AvgIpc) is 2.74. The minimum atomic E-state index is -1.59. The van der Waals surface area contributed by atoms with Gasteiger partial charge in [-0.3, -0.25) is 0 Å². The first-order valence-electron chi connectivity index (χ1n) is 9.12. The first-order chi connectivity index (χ1) is 14.3. The van der Waals surface area contributed by atoms with Gasteiger partial charge in [-0.05, 0) is 48.0 Å². The predicted octanol–water partition coefficient (Wildman–Crippen LogP) is 0.541. The third-order valence-electron chi connectivity index (χ3n) is 4.45. The molecule has 0 spiro atoms. The van der Waals surface area contributed by atoms with Crippen molar-refractivity contribution in [2.24, 2.45) is 0 Å². The summed E-state index contributed by atoms with van der Waals surface area (Å²) in [5.74, 6) is -0.334. The first-order valence-corrected chi connectivity index (χ1v) is 9.12. The van der Waals surface area contributed by atoms with E-state index in [-0.39, 0.29) is 23.9 Å². The van der Waals surface area contributed by atoms with E-state index in [9.17, 15) is 30.3 Å². The topological polar surface area (TPSA) is 146 Å². The lowest BCUT2D eigenvalue weighted by Crippen LogP contribution is -2.60. The zero-order valence-corrected chi connectivity index (χ0v) is 15.7. The Bertz CT molecular complexity index is 863. The molecule has 2 aromatic rings. The molecule has 0 amide bonds. The summed E-state index contributed by atoms with van der Waals surface area (Å²) in [5.41, 5.74) is 0.666. The molecule has 0 aromatic heterocycles. The zero-order valence-electron chi connectivity index (χ0n) is 15.7. The van der Waals surface area contributed by atoms with Gasteiger partial charge in [0.1, 0.15) is 48.3 Å². The highest BCUT2D eigenvalue weighted by Gasteiger charge is 2.45. The fourth-order valence-electron chi connectivity index (χ4n) is 2.77. The molecule has 0 radical (unpaired) electrons. The van der Waals surface area contributed by atoms with Crippen LogP contribution in [0, 0.1) is 0 Å². The minimum absolute atomic E-state index is 0.0214. The molecule has 0 bridgehead atoms. The van der Waals surface area contributed by atoms with Gasteiger partial charge in [0.05, 0.1) is 0 Å². The van der Waals surface area contributed by atoms with Gasteiger partial charge in [-0.1, -0.05) is 12.1 Å². The second kappa shape index (κ2) is 9.59. The zero-order chi connectivity index (χ0) is 21.7. The lowest BCUT2D eigenvalue weighted by molar-refractivity contribution is -0.278. The number of rotatable bonds is 6. The second-order valence-electron chi connectivity index (χ2n) is 6.68. The van der Waals surface area contributed by atoms with Crippen molar-refractivity contribution < 1.29 is 44.5 Å². The summed E-state index contributed by atoms with van der Waals surface area (Å²) in [7, 11) is 0. The number of aliphatic hydroxyl groups excluding tert-OH is 3. The molecule has 0 saturated carbocycles. The Morgan fingerprint density at radius 3 is 2.13 bits per heavy atom. The van der Waals surface area contributed by atoms with Crippen LogP contribution in [0.4, 0.5) is 0 Å². The molecule has 9 nitrogen and oxygen atoms in total. The van der Waals surface area contributed by atoms with Crippen LogP contribution in [0.3, 0.4) is 0 Å². The third kappa shape index (κ3) is 5.49. The molecule has 0 aliphatic carbocycles. The number of aromatic hydroxyl groups is 2. The lowest BCUT2D eigenvalue weighted by Gasteiger charge is -2.39. The van der Waals surface area contributed by atoms with Gasteiger partial charge in [0.2, 0.25) is 6.29 Å². The molecule has 1 fully saturated rings. The van der Waals surface area contributed by atoms with E-state index in [2.05, 4.69) is 0 Å². The van der Waals surface area contributed by atoms with Crippen molar-refractivity contribution in [1.29, 1.82) is 0 Å². The summed E-state index contributed by atoms with van der Waals surface area (Å²) in [4.78, 5) is 11.9. The molecule has 1 aliphatic rings. The molecule has 5 atom stereocenters. The van der Waals surface area contributed by atoms with Crippen molar-refractivity contribution in [2.45, 2.75) is 30.7 Å². The molecule has 160 valence electrons. The maximum atomic E-state index is 11.9. The van der Waals surface area contributed by atoms with Gasteiger partial charge in [0.25, 0.3) is 0 Å². The molecular formula is C21H22O9. The van der Waals surface area contributed by atoms with Crippen LogP contribution in [0.15, 0.2) is 54.6 Å². The lowest BCUT2D eigenvalue weighted by atomic mass is 9.99. The average molecular weight is 418 g/mol. The van der Waals surface area contributed by atoms with Gasteiger partial charge in [0.15, 0.2) is 0 Å². The molecule has 0 unspecified atom stereocenters. The number of esters is 1. The molecule has 3 rings (SSSR count). The number of carbonyl (C=O) groups is 1. The van der Waals surface area contributed by atoms with Crippen LogP contribution in [0.1, 0.15) is 5.56 Å². The Kier molecular flexibility index (Phi) is 6.91. The van der Waals surface area contributed by atoms with E-state index in [0.717, 1.165) is 6.08 Å². The second-order valence-corrected chi connectivity index (χ2v) is 6.68. The highest BCUT2D eigenvalue weighted by Crippen LogP contribution is 2.25. The number of hydrogen-bond acceptors (Lipinski definition) is 9. The Balaban J connectivity index is 1.57. The smallest absolute Gasteiger partial charge is 0.330 e. The maximum Gasteiger partial charge on any atom is 0.330 e. The van der Waals surface area contributed by atoms with Gasteiger partial charge in [-0.15, -0.1) is 0 Å². The van der Waals surface area contributed by atoms with E-state index in [0.29, 0.717) is 5.56 Å². The van der Waals surface area contributed by atoms with Gasteiger partial charge >= 0.3 is 5.97 Å². The van der Waals surface area contributed by atoms with Gasteiger partial charge < -0.3 is 39.7 Å². The van der Waals surface area contributed by atoms with Gasteiger partial charge in [-0.25, -0.2) is 4.79 Å². The van der Waals surface area contributed by atoms with Crippen LogP contribution in [0.2, 0.25) is 0 Å². The van der Waals surface area contributed by atoms with Crippen molar-refractivity contribution in [3.63, 3.8) is 0 Å². The fourth-order valence-corrected chi connectivity index (χ4v) is 2.77. The standard InChI is InChI=1S/C21H22O9/c22-13-4-1-12(2-5-13)3-10-17(24)28-11-16-18(25)19(26)20(27)21(30-16)29-15-8-6-14(23)7-9-15/h1-10,16,18-23,25-27H,11H2/b10-3-/t16-,18-,19+,20-,21+/m1/s1. The highest BCUT2D eigenvalue weighted by atomic mass is 16.7. The summed E-state index contributed by atoms with van der Waals surface area (Å²) >= 11 is 0. The Hall–Kier alpha value is -3.11. The molecule has 1 aliphatic heterocycles. The quantitative estimate of drug-likeness (QED) is 0.335. The molecule has 1 heterocycles. The number of ether oxygens (including phenoxy) is 3. The Morgan fingerprint density at radius 1 is 0.900 bits per heavy atom. The maximum absolute atomic E-state index is 11.9. The van der Waals surface area contributed by atoms with Crippen LogP contribution in [-0.4, -0.2) is 68.8 Å². The van der Waals surface area contributed by atoms with Crippen LogP contribution in [0.5, 0.6) is 17.2 Å². The Morgan fingerprint density at radius 2 is 1.50 bits per heavy atom. The van der Waals surface area contributed by atoms with Gasteiger partial charge in [0, 0.05) is 6.08 Å². The van der Waals surface area contributed by atoms with Crippen LogP contribution >= 0.6 is 0 Å². The number of phenols is 2. The number of benzene rings is 2. The van der Waals surface area contributed by atoms with Crippen LogP contribution in [0.25, 0.3) is 6.08 Å². The minimum Gasteiger partial charge on any atom is -0.508 e. The van der Waals surface area contributed by atoms with E-state index in [1.54, 1.807) is 12.1 Å². The largest absolute Gasteiger partial charge is 0.508 e. The molecule has 5 N–H and O–H groups in total. The van der Waals surface area contributed by atoms with E-state index < -0.39 is 36.7 Å². The summed E-state index contributed by atoms with van der Waals surface area (Å²) < 4.78 is 16.0. The number of aliphatic hydroxyl groups is 3. The predicted molar refractivity (Wildman–Crippen MR) is 104 cm³/mol. The number of hydrogen-bond donors (Lipinski definition) is 5. The number of phenolic OH excluding ortho intramolecular Hbond substituents is 2. The van der Waals surface area contributed by atoms with Crippen molar-refractivity contribution in [1.82, 2.24) is 0 Å².